The molecule has 2 heterocycles. The van der Waals surface area contributed by atoms with Crippen molar-refractivity contribution in [3.63, 3.8) is 0 Å². The first-order chi connectivity index (χ1) is 8.16. The molecular formula is C13H25N3O. The van der Waals surface area contributed by atoms with E-state index >= 15 is 0 Å². The lowest BCUT2D eigenvalue weighted by molar-refractivity contribution is -0.130. The fourth-order valence-corrected chi connectivity index (χ4v) is 2.86. The number of carbonyl (C=O) groups excluding carboxylic acids is 1. The summed E-state index contributed by atoms with van der Waals surface area (Å²) in [5.74, 6) is 0.825. The number of rotatable bonds is 4. The highest BCUT2D eigenvalue weighted by atomic mass is 16.2. The summed E-state index contributed by atoms with van der Waals surface area (Å²) >= 11 is 0. The van der Waals surface area contributed by atoms with Crippen LogP contribution in [0.3, 0.4) is 0 Å². The zero-order valence-corrected chi connectivity index (χ0v) is 10.9. The van der Waals surface area contributed by atoms with Crippen molar-refractivity contribution < 1.29 is 4.79 Å². The van der Waals surface area contributed by atoms with Crippen LogP contribution in [-0.2, 0) is 4.79 Å². The maximum absolute atomic E-state index is 12.0. The minimum absolute atomic E-state index is 0.214. The second-order valence-electron chi connectivity index (χ2n) is 5.55. The van der Waals surface area contributed by atoms with Crippen LogP contribution in [0.15, 0.2) is 0 Å². The first-order valence-electron chi connectivity index (χ1n) is 6.92. The maximum Gasteiger partial charge on any atom is 0.223 e. The predicted molar refractivity (Wildman–Crippen MR) is 68.6 cm³/mol. The lowest BCUT2D eigenvalue weighted by atomic mass is 10.0. The van der Waals surface area contributed by atoms with Crippen molar-refractivity contribution in [1.82, 2.24) is 9.80 Å². The largest absolute Gasteiger partial charge is 0.342 e. The van der Waals surface area contributed by atoms with Crippen LogP contribution in [0.5, 0.6) is 0 Å². The summed E-state index contributed by atoms with van der Waals surface area (Å²) in [6, 6.07) is 0.214. The fraction of sp³-hybridized carbons (Fsp3) is 0.923. The average molecular weight is 239 g/mol. The lowest BCUT2D eigenvalue weighted by Gasteiger charge is -2.20. The molecule has 17 heavy (non-hydrogen) atoms. The number of nitrogens with two attached hydrogens (primary N) is 1. The third-order valence-corrected chi connectivity index (χ3v) is 4.16. The zero-order valence-electron chi connectivity index (χ0n) is 10.9. The number of amides is 1. The second-order valence-corrected chi connectivity index (χ2v) is 5.55. The van der Waals surface area contributed by atoms with Gasteiger partial charge >= 0.3 is 0 Å². The van der Waals surface area contributed by atoms with E-state index in [1.165, 1.54) is 25.9 Å². The number of carbonyl (C=O) groups is 1. The van der Waals surface area contributed by atoms with Gasteiger partial charge in [0.15, 0.2) is 0 Å². The molecule has 2 saturated heterocycles. The summed E-state index contributed by atoms with van der Waals surface area (Å²) in [5, 5.41) is 0. The molecule has 0 aromatic carbocycles. The van der Waals surface area contributed by atoms with E-state index in [2.05, 4.69) is 4.90 Å². The van der Waals surface area contributed by atoms with Gasteiger partial charge in [0.05, 0.1) is 0 Å². The molecule has 1 amide bonds. The van der Waals surface area contributed by atoms with E-state index in [0.29, 0.717) is 18.2 Å². The Balaban J connectivity index is 1.69. The first kappa shape index (κ1) is 12.8. The Bertz CT molecular complexity index is 261. The highest BCUT2D eigenvalue weighted by Gasteiger charge is 2.28. The van der Waals surface area contributed by atoms with Crippen molar-refractivity contribution in [2.75, 3.05) is 32.7 Å². The standard InChI is InChI=1S/C13H25N3O/c1-11(14)12-4-9-16(10-12)13(17)5-8-15-6-2-3-7-15/h11-12H,2-10,14H2,1H3. The maximum atomic E-state index is 12.0. The van der Waals surface area contributed by atoms with Gasteiger partial charge in [-0.2, -0.15) is 0 Å². The van der Waals surface area contributed by atoms with Gasteiger partial charge in [-0.1, -0.05) is 0 Å². The highest BCUT2D eigenvalue weighted by molar-refractivity contribution is 5.76. The Labute approximate surface area is 104 Å². The minimum Gasteiger partial charge on any atom is -0.342 e. The Morgan fingerprint density at radius 1 is 1.35 bits per heavy atom. The summed E-state index contributed by atoms with van der Waals surface area (Å²) in [6.45, 7) is 7.12. The molecule has 0 aliphatic carbocycles. The van der Waals surface area contributed by atoms with Gasteiger partial charge in [-0.25, -0.2) is 0 Å². The second kappa shape index (κ2) is 5.83. The number of hydrogen-bond donors (Lipinski definition) is 1. The monoisotopic (exact) mass is 239 g/mol. The van der Waals surface area contributed by atoms with Crippen molar-refractivity contribution in [2.24, 2.45) is 11.7 Å². The molecule has 4 heteroatoms. The molecule has 0 aromatic heterocycles. The van der Waals surface area contributed by atoms with E-state index in [1.807, 2.05) is 11.8 Å². The molecule has 0 saturated carbocycles. The van der Waals surface area contributed by atoms with Crippen molar-refractivity contribution in [1.29, 1.82) is 0 Å². The van der Waals surface area contributed by atoms with Crippen molar-refractivity contribution in [2.45, 2.75) is 38.6 Å². The normalized spacial score (nSPS) is 27.6. The zero-order chi connectivity index (χ0) is 12.3. The van der Waals surface area contributed by atoms with Crippen LogP contribution in [-0.4, -0.2) is 54.5 Å². The number of likely N-dealkylation sites (tertiary alicyclic amines) is 2. The lowest BCUT2D eigenvalue weighted by Crippen LogP contribution is -2.34. The topological polar surface area (TPSA) is 49.6 Å². The van der Waals surface area contributed by atoms with E-state index in [0.717, 1.165) is 26.1 Å². The van der Waals surface area contributed by atoms with Gasteiger partial charge in [0.25, 0.3) is 0 Å². The summed E-state index contributed by atoms with van der Waals surface area (Å²) in [7, 11) is 0. The van der Waals surface area contributed by atoms with E-state index in [1.54, 1.807) is 0 Å². The molecule has 0 aromatic rings. The van der Waals surface area contributed by atoms with Crippen LogP contribution < -0.4 is 5.73 Å². The van der Waals surface area contributed by atoms with Gasteiger partial charge in [-0.15, -0.1) is 0 Å². The minimum atomic E-state index is 0.214. The Morgan fingerprint density at radius 2 is 2.06 bits per heavy atom. The molecule has 0 radical (unpaired) electrons. The molecule has 2 aliphatic rings. The number of nitrogens with zero attached hydrogens (tertiary/aromatic N) is 2. The summed E-state index contributed by atoms with van der Waals surface area (Å²) < 4.78 is 0. The Morgan fingerprint density at radius 3 is 2.65 bits per heavy atom. The van der Waals surface area contributed by atoms with E-state index < -0.39 is 0 Å². The third-order valence-electron chi connectivity index (χ3n) is 4.16. The molecular weight excluding hydrogens is 214 g/mol. The van der Waals surface area contributed by atoms with Crippen LogP contribution in [0.1, 0.15) is 32.6 Å². The summed E-state index contributed by atoms with van der Waals surface area (Å²) in [4.78, 5) is 16.4. The molecule has 2 aliphatic heterocycles. The van der Waals surface area contributed by atoms with Crippen molar-refractivity contribution >= 4 is 5.91 Å². The fourth-order valence-electron chi connectivity index (χ4n) is 2.86. The predicted octanol–water partition coefficient (Wildman–Crippen LogP) is 0.668. The van der Waals surface area contributed by atoms with Crippen LogP contribution >= 0.6 is 0 Å². The average Bonchev–Trinajstić information content (AvgIpc) is 2.96. The molecule has 2 unspecified atom stereocenters. The quantitative estimate of drug-likeness (QED) is 0.784. The molecule has 0 bridgehead atoms. The molecule has 0 spiro atoms. The highest BCUT2D eigenvalue weighted by Crippen LogP contribution is 2.19. The van der Waals surface area contributed by atoms with Gasteiger partial charge in [-0.3, -0.25) is 4.79 Å². The van der Waals surface area contributed by atoms with Gasteiger partial charge in [0.2, 0.25) is 5.91 Å². The molecule has 4 nitrogen and oxygen atoms in total. The van der Waals surface area contributed by atoms with Crippen LogP contribution in [0.25, 0.3) is 0 Å². The van der Waals surface area contributed by atoms with Gasteiger partial charge in [-0.05, 0) is 45.2 Å². The van der Waals surface area contributed by atoms with Crippen LogP contribution in [0, 0.1) is 5.92 Å². The SMILES string of the molecule is CC(N)C1CCN(C(=O)CCN2CCCC2)C1. The Hall–Kier alpha value is -0.610. The molecule has 2 fully saturated rings. The van der Waals surface area contributed by atoms with Crippen molar-refractivity contribution in [3.8, 4) is 0 Å². The van der Waals surface area contributed by atoms with Gasteiger partial charge in [0, 0.05) is 32.1 Å². The van der Waals surface area contributed by atoms with E-state index in [9.17, 15) is 4.79 Å². The van der Waals surface area contributed by atoms with Gasteiger partial charge < -0.3 is 15.5 Å². The molecule has 2 rings (SSSR count). The molecule has 2 N–H and O–H groups in total. The first-order valence-corrected chi connectivity index (χ1v) is 6.92. The van der Waals surface area contributed by atoms with Crippen molar-refractivity contribution in [3.05, 3.63) is 0 Å². The third kappa shape index (κ3) is 3.42. The Kier molecular flexibility index (Phi) is 4.40. The van der Waals surface area contributed by atoms with E-state index in [-0.39, 0.29) is 6.04 Å². The summed E-state index contributed by atoms with van der Waals surface area (Å²) in [6.07, 6.45) is 4.36. The smallest absolute Gasteiger partial charge is 0.223 e. The van der Waals surface area contributed by atoms with E-state index in [4.69, 9.17) is 5.73 Å². The summed E-state index contributed by atoms with van der Waals surface area (Å²) in [5.41, 5.74) is 5.89. The number of hydrogen-bond acceptors (Lipinski definition) is 3. The van der Waals surface area contributed by atoms with Crippen LogP contribution in [0.2, 0.25) is 0 Å². The molecule has 98 valence electrons. The van der Waals surface area contributed by atoms with Crippen LogP contribution in [0.4, 0.5) is 0 Å². The van der Waals surface area contributed by atoms with Gasteiger partial charge in [0.1, 0.15) is 0 Å². The molecule has 2 atom stereocenters.